The van der Waals surface area contributed by atoms with Gasteiger partial charge >= 0.3 is 0 Å². The number of halogens is 1. The minimum absolute atomic E-state index is 0.593. The van der Waals surface area contributed by atoms with E-state index in [1.165, 1.54) is 0 Å². The van der Waals surface area contributed by atoms with Crippen molar-refractivity contribution in [3.05, 3.63) is 22.2 Å². The summed E-state index contributed by atoms with van der Waals surface area (Å²) in [6.07, 6.45) is 3.09. The van der Waals surface area contributed by atoms with Gasteiger partial charge in [0.15, 0.2) is 11.5 Å². The van der Waals surface area contributed by atoms with Gasteiger partial charge in [0.1, 0.15) is 0 Å². The molecule has 1 N–H and O–H groups in total. The lowest BCUT2D eigenvalue weighted by atomic mass is 10.2. The molecule has 8 heteroatoms. The lowest BCUT2D eigenvalue weighted by Gasteiger charge is -2.14. The summed E-state index contributed by atoms with van der Waals surface area (Å²) in [4.78, 5) is 0. The van der Waals surface area contributed by atoms with Crippen LogP contribution in [0.15, 0.2) is 16.6 Å². The Hall–Kier alpha value is -1.83. The highest BCUT2D eigenvalue weighted by atomic mass is 79.9. The van der Waals surface area contributed by atoms with Crippen molar-refractivity contribution in [3.63, 3.8) is 0 Å². The number of unbranched alkanes of at least 4 members (excludes halogenated alkanes) is 1. The van der Waals surface area contributed by atoms with Crippen LogP contribution in [0.3, 0.4) is 0 Å². The number of anilines is 1. The van der Waals surface area contributed by atoms with E-state index in [9.17, 15) is 0 Å². The Morgan fingerprint density at radius 1 is 1.25 bits per heavy atom. The highest BCUT2D eigenvalue weighted by molar-refractivity contribution is 9.10. The van der Waals surface area contributed by atoms with Gasteiger partial charge in [-0.15, -0.1) is 0 Å². The number of benzene rings is 1. The Labute approximate surface area is 150 Å². The fraction of sp³-hybridized carbons (Fsp3) is 0.562. The van der Waals surface area contributed by atoms with E-state index in [2.05, 4.69) is 50.6 Å². The molecule has 132 valence electrons. The van der Waals surface area contributed by atoms with E-state index in [4.69, 9.17) is 9.47 Å². The first-order chi connectivity index (χ1) is 11.7. The van der Waals surface area contributed by atoms with Crippen molar-refractivity contribution in [1.82, 2.24) is 20.2 Å². The Balaban J connectivity index is 2.07. The molecule has 0 spiro atoms. The van der Waals surface area contributed by atoms with Gasteiger partial charge in [-0.3, -0.25) is 0 Å². The predicted octanol–water partition coefficient (Wildman–Crippen LogP) is 3.65. The predicted molar refractivity (Wildman–Crippen MR) is 96.5 cm³/mol. The van der Waals surface area contributed by atoms with Crippen molar-refractivity contribution in [2.45, 2.75) is 46.2 Å². The van der Waals surface area contributed by atoms with Gasteiger partial charge in [0, 0.05) is 13.1 Å². The van der Waals surface area contributed by atoms with Crippen molar-refractivity contribution in [1.29, 1.82) is 0 Å². The van der Waals surface area contributed by atoms with Gasteiger partial charge in [-0.1, -0.05) is 25.4 Å². The standard InChI is InChI=1S/C16H24BrN5O2/c1-4-6-7-22-16(19-20-21-22)18-11-12-9-13(17)15(24-8-5-2)14(10-12)23-3/h9-10H,4-8,11H2,1-3H3,(H,18,19,21). The van der Waals surface area contributed by atoms with Crippen LogP contribution in [0.2, 0.25) is 0 Å². The molecule has 0 saturated heterocycles. The Morgan fingerprint density at radius 3 is 2.79 bits per heavy atom. The van der Waals surface area contributed by atoms with E-state index in [0.717, 1.165) is 41.6 Å². The van der Waals surface area contributed by atoms with Gasteiger partial charge in [0.25, 0.3) is 0 Å². The number of aryl methyl sites for hydroxylation is 1. The zero-order chi connectivity index (χ0) is 17.4. The van der Waals surface area contributed by atoms with Crippen LogP contribution in [0.25, 0.3) is 0 Å². The van der Waals surface area contributed by atoms with Crippen molar-refractivity contribution < 1.29 is 9.47 Å². The molecular weight excluding hydrogens is 374 g/mol. The molecule has 0 saturated carbocycles. The lowest BCUT2D eigenvalue weighted by Crippen LogP contribution is -2.09. The summed E-state index contributed by atoms with van der Waals surface area (Å²) in [5.41, 5.74) is 1.05. The molecule has 0 fully saturated rings. The van der Waals surface area contributed by atoms with Crippen LogP contribution in [0.1, 0.15) is 38.7 Å². The van der Waals surface area contributed by atoms with Crippen molar-refractivity contribution in [2.75, 3.05) is 19.0 Å². The number of nitrogens with zero attached hydrogens (tertiary/aromatic N) is 4. The molecule has 0 aliphatic carbocycles. The molecule has 0 amide bonds. The average Bonchev–Trinajstić information content (AvgIpc) is 3.04. The zero-order valence-electron chi connectivity index (χ0n) is 14.4. The second-order valence-electron chi connectivity index (χ2n) is 5.39. The molecule has 0 atom stereocenters. The molecule has 0 bridgehead atoms. The van der Waals surface area contributed by atoms with E-state index in [1.807, 2.05) is 12.1 Å². The molecule has 0 aliphatic rings. The zero-order valence-corrected chi connectivity index (χ0v) is 16.0. The molecular formula is C16H24BrN5O2. The summed E-state index contributed by atoms with van der Waals surface area (Å²) in [5.74, 6) is 2.11. The molecule has 0 unspecified atom stereocenters. The summed E-state index contributed by atoms with van der Waals surface area (Å²) >= 11 is 3.56. The van der Waals surface area contributed by atoms with Crippen molar-refractivity contribution in [2.24, 2.45) is 0 Å². The van der Waals surface area contributed by atoms with Gasteiger partial charge in [-0.2, -0.15) is 0 Å². The maximum absolute atomic E-state index is 5.75. The number of tetrazole rings is 1. The number of methoxy groups -OCH3 is 1. The van der Waals surface area contributed by atoms with E-state index in [-0.39, 0.29) is 0 Å². The van der Waals surface area contributed by atoms with Crippen LogP contribution in [-0.2, 0) is 13.1 Å². The van der Waals surface area contributed by atoms with Crippen LogP contribution in [0.5, 0.6) is 11.5 Å². The maximum Gasteiger partial charge on any atom is 0.243 e. The van der Waals surface area contributed by atoms with Gasteiger partial charge in [-0.05, 0) is 56.9 Å². The SMILES string of the molecule is CCCCn1nnnc1NCc1cc(Br)c(OCCC)c(OC)c1. The number of aromatic nitrogens is 4. The monoisotopic (exact) mass is 397 g/mol. The van der Waals surface area contributed by atoms with Crippen LogP contribution < -0.4 is 14.8 Å². The summed E-state index contributed by atoms with van der Waals surface area (Å²) in [7, 11) is 1.64. The lowest BCUT2D eigenvalue weighted by molar-refractivity contribution is 0.292. The average molecular weight is 398 g/mol. The van der Waals surface area contributed by atoms with Gasteiger partial charge < -0.3 is 14.8 Å². The first kappa shape index (κ1) is 18.5. The molecule has 0 aliphatic heterocycles. The number of hydrogen-bond donors (Lipinski definition) is 1. The second kappa shape index (κ2) is 9.46. The molecule has 0 radical (unpaired) electrons. The van der Waals surface area contributed by atoms with Crippen LogP contribution in [-0.4, -0.2) is 33.9 Å². The van der Waals surface area contributed by atoms with Gasteiger partial charge in [-0.25, -0.2) is 4.68 Å². The molecule has 2 aromatic rings. The second-order valence-corrected chi connectivity index (χ2v) is 6.24. The van der Waals surface area contributed by atoms with Crippen LogP contribution >= 0.6 is 15.9 Å². The fourth-order valence-corrected chi connectivity index (χ4v) is 2.79. The summed E-state index contributed by atoms with van der Waals surface area (Å²) in [5, 5.41) is 15.0. The third kappa shape index (κ3) is 4.83. The number of nitrogens with one attached hydrogen (secondary N) is 1. The highest BCUT2D eigenvalue weighted by Crippen LogP contribution is 2.36. The molecule has 7 nitrogen and oxygen atoms in total. The summed E-state index contributed by atoms with van der Waals surface area (Å²) in [6, 6.07) is 3.98. The fourth-order valence-electron chi connectivity index (χ4n) is 2.19. The van der Waals surface area contributed by atoms with E-state index >= 15 is 0 Å². The smallest absolute Gasteiger partial charge is 0.243 e. The first-order valence-corrected chi connectivity index (χ1v) is 8.98. The molecule has 1 aromatic heterocycles. The topological polar surface area (TPSA) is 74.1 Å². The van der Waals surface area contributed by atoms with Gasteiger partial charge in [0.05, 0.1) is 18.2 Å². The van der Waals surface area contributed by atoms with E-state index < -0.39 is 0 Å². The minimum atomic E-state index is 0.593. The normalized spacial score (nSPS) is 10.7. The highest BCUT2D eigenvalue weighted by Gasteiger charge is 2.12. The number of hydrogen-bond acceptors (Lipinski definition) is 6. The Bertz CT molecular complexity index is 647. The third-order valence-electron chi connectivity index (χ3n) is 3.45. The number of rotatable bonds is 10. The van der Waals surface area contributed by atoms with E-state index in [0.29, 0.717) is 24.8 Å². The molecule has 24 heavy (non-hydrogen) atoms. The van der Waals surface area contributed by atoms with Crippen molar-refractivity contribution >= 4 is 21.9 Å². The van der Waals surface area contributed by atoms with Crippen molar-refractivity contribution in [3.8, 4) is 11.5 Å². The third-order valence-corrected chi connectivity index (χ3v) is 4.03. The molecule has 1 aromatic carbocycles. The Morgan fingerprint density at radius 2 is 2.08 bits per heavy atom. The van der Waals surface area contributed by atoms with E-state index in [1.54, 1.807) is 11.8 Å². The quantitative estimate of drug-likeness (QED) is 0.659. The summed E-state index contributed by atoms with van der Waals surface area (Å²) < 4.78 is 13.9. The maximum atomic E-state index is 5.75. The molecule has 2 rings (SSSR count). The minimum Gasteiger partial charge on any atom is -0.493 e. The van der Waals surface area contributed by atoms with Gasteiger partial charge in [0.2, 0.25) is 5.95 Å². The van der Waals surface area contributed by atoms with Crippen LogP contribution in [0, 0.1) is 0 Å². The van der Waals surface area contributed by atoms with Crippen LogP contribution in [0.4, 0.5) is 5.95 Å². The number of ether oxygens (including phenoxy) is 2. The summed E-state index contributed by atoms with van der Waals surface area (Å²) in [6.45, 7) is 6.27. The Kier molecular flexibility index (Phi) is 7.30. The first-order valence-electron chi connectivity index (χ1n) is 8.18. The molecule has 1 heterocycles. The largest absolute Gasteiger partial charge is 0.493 e.